The Balaban J connectivity index is 0.996. The van der Waals surface area contributed by atoms with Gasteiger partial charge in [-0.15, -0.1) is 0 Å². The quantitative estimate of drug-likeness (QED) is 0.0962. The zero-order valence-electron chi connectivity index (χ0n) is 35.2. The van der Waals surface area contributed by atoms with E-state index in [9.17, 15) is 23.3 Å². The van der Waals surface area contributed by atoms with Gasteiger partial charge in [-0.05, 0) is 115 Å². The van der Waals surface area contributed by atoms with Gasteiger partial charge in [-0.2, -0.15) is 0 Å². The maximum absolute atomic E-state index is 14.0. The maximum Gasteiger partial charge on any atom is 0.312 e. The first-order valence-electron chi connectivity index (χ1n) is 21.4. The van der Waals surface area contributed by atoms with Gasteiger partial charge in [-0.1, -0.05) is 67.4 Å². The number of carbonyl (C=O) groups is 1. The number of allylic oxidation sites excluding steroid dienone is 2. The van der Waals surface area contributed by atoms with Gasteiger partial charge in [0.05, 0.1) is 22.0 Å². The number of carbonyl (C=O) groups excluding carboxylic acids is 1. The van der Waals surface area contributed by atoms with Crippen molar-refractivity contribution in [2.45, 2.75) is 63.7 Å². The number of nitrogens with one attached hydrogen (secondary N) is 1. The van der Waals surface area contributed by atoms with E-state index in [-0.39, 0.29) is 29.1 Å². The van der Waals surface area contributed by atoms with Crippen molar-refractivity contribution in [1.82, 2.24) is 9.62 Å². The summed E-state index contributed by atoms with van der Waals surface area (Å²) in [5, 5.41) is 12.8. The van der Waals surface area contributed by atoms with Crippen molar-refractivity contribution in [3.05, 3.63) is 128 Å². The molecule has 4 aromatic carbocycles. The normalized spacial score (nSPS) is 18.1. The molecule has 0 saturated carbocycles. The minimum absolute atomic E-state index is 0.00000445. The van der Waals surface area contributed by atoms with Gasteiger partial charge in [0.15, 0.2) is 5.75 Å². The van der Waals surface area contributed by atoms with Crippen LogP contribution in [0, 0.1) is 21.4 Å². The minimum atomic E-state index is -4.56. The molecule has 326 valence electrons. The number of hydrogen-bond donors (Lipinski definition) is 1. The molecule has 2 aliphatic carbocycles. The number of amides is 1. The number of fused-ring (bicyclic) bond motifs is 1. The lowest BCUT2D eigenvalue weighted by Crippen LogP contribution is -2.47. The third-order valence-corrected chi connectivity index (χ3v) is 14.1. The summed E-state index contributed by atoms with van der Waals surface area (Å²) in [6.45, 7) is 10.3. The Morgan fingerprint density at radius 1 is 0.968 bits per heavy atom. The lowest BCUT2D eigenvalue weighted by atomic mass is 9.72. The zero-order chi connectivity index (χ0) is 43.4. The van der Waals surface area contributed by atoms with Gasteiger partial charge in [0.2, 0.25) is 0 Å². The first kappa shape index (κ1) is 43.4. The Labute approximate surface area is 368 Å². The van der Waals surface area contributed by atoms with Crippen LogP contribution in [-0.4, -0.2) is 76.7 Å². The van der Waals surface area contributed by atoms with Crippen LogP contribution in [0.5, 0.6) is 17.2 Å². The molecule has 0 spiro atoms. The topological polar surface area (TPSA) is 141 Å². The third kappa shape index (κ3) is 10.2. The SMILES string of the molecule is CC1(C)CCC(CN2CCN(c3ccc(C(=O)NS(=O)(=O)c4ccc(OCCC5CCOCC5)c([N+](=O)[O-])c4)c(Oc4cccc5c4C=CC5)c3)CC2)=C(c2ccc(Cl)cc2)C1. The van der Waals surface area contributed by atoms with E-state index >= 15 is 0 Å². The standard InChI is InChI=1S/C48H53ClN4O8S/c1-48(2)21-17-36(42(31-48)35-9-11-37(49)12-10-35)32-51-22-24-52(25-23-51)38-13-15-41(46(29-38)61-44-8-4-6-34-5-3-7-40(34)44)47(54)50-62(57,58)39-14-16-45(43(30-39)53(55)56)60-28-20-33-18-26-59-27-19-33/h3-4,6-16,29-30,33H,5,17-28,31-32H2,1-2H3,(H,50,54). The highest BCUT2D eigenvalue weighted by molar-refractivity contribution is 7.90. The number of halogens is 1. The van der Waals surface area contributed by atoms with Crippen molar-refractivity contribution in [3.63, 3.8) is 0 Å². The Hall–Kier alpha value is -5.21. The van der Waals surface area contributed by atoms with Crippen molar-refractivity contribution in [2.75, 3.05) is 57.4 Å². The maximum atomic E-state index is 14.0. The second kappa shape index (κ2) is 18.6. The molecule has 12 nitrogen and oxygen atoms in total. The highest BCUT2D eigenvalue weighted by atomic mass is 35.5. The number of piperazine rings is 1. The van der Waals surface area contributed by atoms with Crippen LogP contribution in [-0.2, 0) is 21.2 Å². The molecule has 2 saturated heterocycles. The number of nitro benzene ring substituents is 1. The summed E-state index contributed by atoms with van der Waals surface area (Å²) < 4.78 is 47.2. The highest BCUT2D eigenvalue weighted by Gasteiger charge is 2.31. The summed E-state index contributed by atoms with van der Waals surface area (Å²) >= 11 is 6.25. The van der Waals surface area contributed by atoms with Crippen LogP contribution in [0.25, 0.3) is 11.6 Å². The molecule has 14 heteroatoms. The molecule has 0 unspecified atom stereocenters. The Morgan fingerprint density at radius 3 is 2.50 bits per heavy atom. The van der Waals surface area contributed by atoms with Crippen LogP contribution in [0.3, 0.4) is 0 Å². The van der Waals surface area contributed by atoms with Crippen molar-refractivity contribution >= 4 is 50.6 Å². The zero-order valence-corrected chi connectivity index (χ0v) is 36.8. The van der Waals surface area contributed by atoms with Gasteiger partial charge >= 0.3 is 5.69 Å². The smallest absolute Gasteiger partial charge is 0.312 e. The third-order valence-electron chi connectivity index (χ3n) is 12.5. The molecular weight excluding hydrogens is 828 g/mol. The van der Waals surface area contributed by atoms with Crippen LogP contribution in [0.2, 0.25) is 5.02 Å². The fourth-order valence-electron chi connectivity index (χ4n) is 8.88. The highest BCUT2D eigenvalue weighted by Crippen LogP contribution is 2.44. The number of rotatable bonds is 14. The number of nitrogens with zero attached hydrogens (tertiary/aromatic N) is 3. The Bertz CT molecular complexity index is 2490. The summed E-state index contributed by atoms with van der Waals surface area (Å²) in [6, 6.07) is 22.5. The van der Waals surface area contributed by atoms with Crippen molar-refractivity contribution < 1.29 is 32.3 Å². The number of anilines is 1. The molecule has 62 heavy (non-hydrogen) atoms. The Morgan fingerprint density at radius 2 is 1.74 bits per heavy atom. The molecule has 0 radical (unpaired) electrons. The van der Waals surface area contributed by atoms with E-state index in [0.29, 0.717) is 31.3 Å². The van der Waals surface area contributed by atoms with Crippen LogP contribution in [0.1, 0.15) is 79.4 Å². The average Bonchev–Trinajstić information content (AvgIpc) is 3.75. The van der Waals surface area contributed by atoms with Gasteiger partial charge in [-0.3, -0.25) is 19.8 Å². The molecule has 0 aromatic heterocycles. The fourth-order valence-corrected chi connectivity index (χ4v) is 9.99. The number of hydrogen-bond acceptors (Lipinski definition) is 10. The van der Waals surface area contributed by atoms with E-state index in [4.69, 9.17) is 25.8 Å². The lowest BCUT2D eigenvalue weighted by Gasteiger charge is -2.39. The monoisotopic (exact) mass is 880 g/mol. The van der Waals surface area contributed by atoms with Gasteiger partial charge in [-0.25, -0.2) is 13.1 Å². The van der Waals surface area contributed by atoms with Gasteiger partial charge in [0.25, 0.3) is 15.9 Å². The van der Waals surface area contributed by atoms with Crippen LogP contribution in [0.4, 0.5) is 11.4 Å². The fraction of sp³-hybridized carbons (Fsp3) is 0.396. The molecule has 2 heterocycles. The van der Waals surface area contributed by atoms with Crippen LogP contribution < -0.4 is 19.1 Å². The molecular formula is C48H53ClN4O8S. The van der Waals surface area contributed by atoms with Crippen molar-refractivity contribution in [3.8, 4) is 17.2 Å². The number of ether oxygens (including phenoxy) is 3. The van der Waals surface area contributed by atoms with Crippen LogP contribution >= 0.6 is 11.6 Å². The largest absolute Gasteiger partial charge is 0.487 e. The molecule has 0 bridgehead atoms. The van der Waals surface area contributed by atoms with Gasteiger partial charge < -0.3 is 19.1 Å². The van der Waals surface area contributed by atoms with E-state index in [1.165, 1.54) is 28.8 Å². The van der Waals surface area contributed by atoms with E-state index in [0.717, 1.165) is 99.2 Å². The Kier molecular flexibility index (Phi) is 13.1. The van der Waals surface area contributed by atoms with Crippen molar-refractivity contribution in [2.24, 2.45) is 11.3 Å². The van der Waals surface area contributed by atoms with E-state index < -0.39 is 31.4 Å². The molecule has 1 N–H and O–H groups in total. The van der Waals surface area contributed by atoms with Gasteiger partial charge in [0.1, 0.15) is 11.5 Å². The second-order valence-electron chi connectivity index (χ2n) is 17.4. The summed E-state index contributed by atoms with van der Waals surface area (Å²) in [5.74, 6) is 0.149. The molecule has 2 fully saturated rings. The summed E-state index contributed by atoms with van der Waals surface area (Å²) in [6.07, 6.45) is 10.5. The number of benzene rings is 4. The summed E-state index contributed by atoms with van der Waals surface area (Å²) in [4.78, 5) is 29.7. The summed E-state index contributed by atoms with van der Waals surface area (Å²) in [5.41, 5.74) is 6.67. The minimum Gasteiger partial charge on any atom is -0.487 e. The molecule has 8 rings (SSSR count). The molecule has 0 atom stereocenters. The first-order valence-corrected chi connectivity index (χ1v) is 23.3. The van der Waals surface area contributed by atoms with E-state index in [2.05, 4.69) is 40.5 Å². The van der Waals surface area contributed by atoms with Gasteiger partial charge in [0, 0.05) is 74.3 Å². The number of nitro groups is 1. The molecule has 2 aliphatic heterocycles. The van der Waals surface area contributed by atoms with Crippen molar-refractivity contribution in [1.29, 1.82) is 0 Å². The molecule has 4 aliphatic rings. The second-order valence-corrected chi connectivity index (χ2v) is 19.5. The first-order chi connectivity index (χ1) is 29.8. The van der Waals surface area contributed by atoms with E-state index in [1.807, 2.05) is 42.5 Å². The lowest BCUT2D eigenvalue weighted by molar-refractivity contribution is -0.386. The molecule has 1 amide bonds. The predicted molar refractivity (Wildman–Crippen MR) is 242 cm³/mol. The van der Waals surface area contributed by atoms with E-state index in [1.54, 1.807) is 18.2 Å². The van der Waals surface area contributed by atoms with Crippen LogP contribution in [0.15, 0.2) is 95.4 Å². The number of sulfonamides is 1. The average molecular weight is 881 g/mol. The molecule has 4 aromatic rings. The predicted octanol–water partition coefficient (Wildman–Crippen LogP) is 9.71. The summed E-state index contributed by atoms with van der Waals surface area (Å²) in [7, 11) is -4.56.